The standard InChI is InChI=1S/C10H8F2N2S/c11-9(12)8-5-2-1-3-7(5)14-10(15)6(8)4-13/h9H,1-3H2,(H,14,15). The zero-order chi connectivity index (χ0) is 11.0. The Balaban J connectivity index is 2.79. The Morgan fingerprint density at radius 1 is 1.40 bits per heavy atom. The number of alkyl halides is 2. The van der Waals surface area contributed by atoms with Crippen LogP contribution in [0.15, 0.2) is 0 Å². The van der Waals surface area contributed by atoms with Crippen molar-refractivity contribution < 1.29 is 8.78 Å². The van der Waals surface area contributed by atoms with Crippen molar-refractivity contribution in [2.24, 2.45) is 0 Å². The maximum absolute atomic E-state index is 12.8. The molecule has 1 aliphatic rings. The molecule has 1 aliphatic carbocycles. The van der Waals surface area contributed by atoms with Gasteiger partial charge in [-0.3, -0.25) is 0 Å². The van der Waals surface area contributed by atoms with Gasteiger partial charge in [0.15, 0.2) is 0 Å². The van der Waals surface area contributed by atoms with E-state index in [0.29, 0.717) is 12.0 Å². The Labute approximate surface area is 90.6 Å². The summed E-state index contributed by atoms with van der Waals surface area (Å²) in [7, 11) is 0. The van der Waals surface area contributed by atoms with E-state index in [2.05, 4.69) is 4.98 Å². The predicted molar refractivity (Wildman–Crippen MR) is 53.3 cm³/mol. The summed E-state index contributed by atoms with van der Waals surface area (Å²) in [6.07, 6.45) is -0.433. The molecular weight excluding hydrogens is 218 g/mol. The number of pyridine rings is 1. The van der Waals surface area contributed by atoms with Gasteiger partial charge in [0, 0.05) is 11.3 Å². The quantitative estimate of drug-likeness (QED) is 0.747. The Hall–Kier alpha value is -1.28. The summed E-state index contributed by atoms with van der Waals surface area (Å²) < 4.78 is 25.8. The van der Waals surface area contributed by atoms with E-state index in [0.717, 1.165) is 18.5 Å². The number of nitrogens with zero attached hydrogens (tertiary/aromatic N) is 1. The molecule has 5 heteroatoms. The van der Waals surface area contributed by atoms with Crippen LogP contribution in [0.3, 0.4) is 0 Å². The van der Waals surface area contributed by atoms with E-state index >= 15 is 0 Å². The lowest BCUT2D eigenvalue weighted by Gasteiger charge is -2.09. The Morgan fingerprint density at radius 3 is 2.73 bits per heavy atom. The van der Waals surface area contributed by atoms with Gasteiger partial charge in [0.1, 0.15) is 10.7 Å². The fourth-order valence-corrected chi connectivity index (χ4v) is 2.28. The molecule has 78 valence electrons. The molecule has 1 aromatic rings. The van der Waals surface area contributed by atoms with E-state index in [4.69, 9.17) is 17.5 Å². The van der Waals surface area contributed by atoms with Crippen LogP contribution in [0.1, 0.15) is 35.2 Å². The molecule has 1 N–H and O–H groups in total. The van der Waals surface area contributed by atoms with Crippen LogP contribution in [0.4, 0.5) is 8.78 Å². The number of aromatic nitrogens is 1. The van der Waals surface area contributed by atoms with Gasteiger partial charge in [-0.05, 0) is 24.8 Å². The molecule has 1 heterocycles. The van der Waals surface area contributed by atoms with Gasteiger partial charge in [-0.1, -0.05) is 12.2 Å². The maximum atomic E-state index is 12.8. The van der Waals surface area contributed by atoms with Crippen molar-refractivity contribution in [3.8, 4) is 6.07 Å². The minimum Gasteiger partial charge on any atom is -0.349 e. The topological polar surface area (TPSA) is 39.6 Å². The van der Waals surface area contributed by atoms with Gasteiger partial charge < -0.3 is 4.98 Å². The zero-order valence-corrected chi connectivity index (χ0v) is 8.63. The second-order valence-corrected chi connectivity index (χ2v) is 3.87. The summed E-state index contributed by atoms with van der Waals surface area (Å²) >= 11 is 4.89. The number of fused-ring (bicyclic) bond motifs is 1. The van der Waals surface area contributed by atoms with Gasteiger partial charge in [0.25, 0.3) is 6.43 Å². The van der Waals surface area contributed by atoms with Gasteiger partial charge in [-0.15, -0.1) is 0 Å². The normalized spacial score (nSPS) is 14.0. The first kappa shape index (κ1) is 10.2. The minimum absolute atomic E-state index is 0.0688. The minimum atomic E-state index is -2.62. The Kier molecular flexibility index (Phi) is 2.53. The van der Waals surface area contributed by atoms with Crippen molar-refractivity contribution >= 4 is 12.2 Å². The van der Waals surface area contributed by atoms with E-state index in [1.54, 1.807) is 6.07 Å². The van der Waals surface area contributed by atoms with Crippen LogP contribution in [0.2, 0.25) is 0 Å². The van der Waals surface area contributed by atoms with Crippen molar-refractivity contribution in [3.63, 3.8) is 0 Å². The zero-order valence-electron chi connectivity index (χ0n) is 7.81. The van der Waals surface area contributed by atoms with Crippen molar-refractivity contribution in [3.05, 3.63) is 27.0 Å². The van der Waals surface area contributed by atoms with Gasteiger partial charge in [0.2, 0.25) is 0 Å². The highest BCUT2D eigenvalue weighted by Crippen LogP contribution is 2.33. The molecule has 0 saturated heterocycles. The fourth-order valence-electron chi connectivity index (χ4n) is 2.00. The summed E-state index contributed by atoms with van der Waals surface area (Å²) in [6, 6.07) is 1.76. The molecule has 0 aliphatic heterocycles. The molecule has 0 fully saturated rings. The van der Waals surface area contributed by atoms with Crippen LogP contribution < -0.4 is 0 Å². The number of rotatable bonds is 1. The molecule has 0 radical (unpaired) electrons. The van der Waals surface area contributed by atoms with Crippen LogP contribution in [-0.4, -0.2) is 4.98 Å². The third-order valence-corrected chi connectivity index (χ3v) is 2.94. The first-order valence-corrected chi connectivity index (χ1v) is 5.02. The molecule has 0 atom stereocenters. The third-order valence-electron chi connectivity index (χ3n) is 2.63. The molecule has 0 bridgehead atoms. The maximum Gasteiger partial charge on any atom is 0.265 e. The van der Waals surface area contributed by atoms with Crippen molar-refractivity contribution in [1.82, 2.24) is 4.98 Å². The highest BCUT2D eigenvalue weighted by Gasteiger charge is 2.25. The molecule has 0 saturated carbocycles. The number of halogens is 2. The molecule has 0 unspecified atom stereocenters. The average molecular weight is 226 g/mol. The number of H-pyrrole nitrogens is 1. The smallest absolute Gasteiger partial charge is 0.265 e. The Bertz CT molecular complexity index is 499. The summed E-state index contributed by atoms with van der Waals surface area (Å²) in [4.78, 5) is 2.86. The van der Waals surface area contributed by atoms with Crippen LogP contribution in [-0.2, 0) is 12.8 Å². The Morgan fingerprint density at radius 2 is 2.13 bits per heavy atom. The molecule has 0 spiro atoms. The summed E-state index contributed by atoms with van der Waals surface area (Å²) in [6.45, 7) is 0. The fraction of sp³-hybridized carbons (Fsp3) is 0.400. The molecular formula is C10H8F2N2S. The summed E-state index contributed by atoms with van der Waals surface area (Å²) in [5, 5.41) is 8.81. The van der Waals surface area contributed by atoms with E-state index < -0.39 is 6.43 Å². The lowest BCUT2D eigenvalue weighted by Crippen LogP contribution is -2.02. The molecule has 0 aromatic carbocycles. The first-order chi connectivity index (χ1) is 7.15. The number of hydrogen-bond donors (Lipinski definition) is 1. The number of aryl methyl sites for hydroxylation is 1. The van der Waals surface area contributed by atoms with E-state index in [9.17, 15) is 8.78 Å². The largest absolute Gasteiger partial charge is 0.349 e. The second-order valence-electron chi connectivity index (χ2n) is 3.47. The highest BCUT2D eigenvalue weighted by molar-refractivity contribution is 7.71. The lowest BCUT2D eigenvalue weighted by atomic mass is 10.0. The molecule has 2 rings (SSSR count). The van der Waals surface area contributed by atoms with Crippen LogP contribution in [0, 0.1) is 16.0 Å². The van der Waals surface area contributed by atoms with E-state index in [1.165, 1.54) is 0 Å². The molecule has 0 amide bonds. The average Bonchev–Trinajstić information content (AvgIpc) is 2.62. The predicted octanol–water partition coefficient (Wildman–Crippen LogP) is 3.04. The van der Waals surface area contributed by atoms with E-state index in [1.807, 2.05) is 0 Å². The first-order valence-electron chi connectivity index (χ1n) is 4.61. The molecule has 15 heavy (non-hydrogen) atoms. The van der Waals surface area contributed by atoms with Crippen molar-refractivity contribution in [2.75, 3.05) is 0 Å². The monoisotopic (exact) mass is 226 g/mol. The summed E-state index contributed by atoms with van der Waals surface area (Å²) in [5.74, 6) is 0. The van der Waals surface area contributed by atoms with Crippen LogP contribution in [0.25, 0.3) is 0 Å². The van der Waals surface area contributed by atoms with Gasteiger partial charge in [0.05, 0.1) is 5.56 Å². The third kappa shape index (κ3) is 1.55. The SMILES string of the molecule is N#Cc1c(C(F)F)c2c([nH]c1=S)CCC2. The summed E-state index contributed by atoms with van der Waals surface area (Å²) in [5.41, 5.74) is 1.14. The van der Waals surface area contributed by atoms with Gasteiger partial charge >= 0.3 is 0 Å². The van der Waals surface area contributed by atoms with Gasteiger partial charge in [-0.25, -0.2) is 8.78 Å². The van der Waals surface area contributed by atoms with Gasteiger partial charge in [-0.2, -0.15) is 5.26 Å². The second kappa shape index (κ2) is 3.70. The van der Waals surface area contributed by atoms with Crippen molar-refractivity contribution in [1.29, 1.82) is 5.26 Å². The van der Waals surface area contributed by atoms with Crippen LogP contribution >= 0.6 is 12.2 Å². The molecule has 2 nitrogen and oxygen atoms in total. The number of hydrogen-bond acceptors (Lipinski definition) is 2. The lowest BCUT2D eigenvalue weighted by molar-refractivity contribution is 0.150. The molecule has 1 aromatic heterocycles. The highest BCUT2D eigenvalue weighted by atomic mass is 32.1. The number of aromatic amines is 1. The van der Waals surface area contributed by atoms with E-state index in [-0.39, 0.29) is 15.8 Å². The number of nitrogens with one attached hydrogen (secondary N) is 1. The van der Waals surface area contributed by atoms with Crippen LogP contribution in [0.5, 0.6) is 0 Å². The number of nitriles is 1. The van der Waals surface area contributed by atoms with Crippen molar-refractivity contribution in [2.45, 2.75) is 25.7 Å².